The van der Waals surface area contributed by atoms with E-state index in [2.05, 4.69) is 16.1 Å². The molecular formula is C51H54ClN5O15S. The summed E-state index contributed by atoms with van der Waals surface area (Å²) in [5.74, 6) is 1.24. The van der Waals surface area contributed by atoms with Gasteiger partial charge in [0.05, 0.1) is 37.4 Å². The first-order valence-corrected chi connectivity index (χ1v) is 24.6. The van der Waals surface area contributed by atoms with Crippen molar-refractivity contribution < 1.29 is 72.8 Å². The van der Waals surface area contributed by atoms with Crippen LogP contribution in [-0.4, -0.2) is 175 Å². The number of terminal acetylenes is 1. The van der Waals surface area contributed by atoms with E-state index in [-0.39, 0.29) is 67.9 Å². The molecule has 4 heterocycles. The minimum atomic E-state index is -1.87. The highest BCUT2D eigenvalue weighted by Crippen LogP contribution is 2.47. The van der Waals surface area contributed by atoms with Crippen molar-refractivity contribution in [3.8, 4) is 29.6 Å². The summed E-state index contributed by atoms with van der Waals surface area (Å²) in [6, 6.07) is 20.3. The number of hydrogen-bond acceptors (Lipinski definition) is 16. The number of carboxylic acid groups (broad SMARTS) is 1. The lowest BCUT2D eigenvalue weighted by Gasteiger charge is -2.38. The van der Waals surface area contributed by atoms with Crippen molar-refractivity contribution in [2.45, 2.75) is 49.7 Å². The first-order chi connectivity index (χ1) is 35.1. The third-order valence-electron chi connectivity index (χ3n) is 12.7. The Morgan fingerprint density at radius 1 is 0.918 bits per heavy atom. The molecule has 0 radical (unpaired) electrons. The molecule has 0 saturated carbocycles. The number of aliphatic hydroxyl groups excluding tert-OH is 3. The van der Waals surface area contributed by atoms with Gasteiger partial charge in [0.15, 0.2) is 6.10 Å². The predicted octanol–water partition coefficient (Wildman–Crippen LogP) is 4.68. The van der Waals surface area contributed by atoms with E-state index in [4.69, 9.17) is 46.4 Å². The summed E-state index contributed by atoms with van der Waals surface area (Å²) in [6.45, 7) is 3.37. The van der Waals surface area contributed by atoms with Crippen molar-refractivity contribution in [1.29, 1.82) is 0 Å². The van der Waals surface area contributed by atoms with Crippen LogP contribution in [0.5, 0.6) is 17.2 Å². The summed E-state index contributed by atoms with van der Waals surface area (Å²) in [4.78, 5) is 72.7. The summed E-state index contributed by atoms with van der Waals surface area (Å²) in [5.41, 5.74) is 2.45. The molecule has 6 atom stereocenters. The molecule has 386 valence electrons. The van der Waals surface area contributed by atoms with Crippen LogP contribution in [0, 0.1) is 12.3 Å². The molecule has 3 aliphatic rings. The van der Waals surface area contributed by atoms with E-state index in [0.717, 1.165) is 28.7 Å². The number of carbonyl (C=O) groups excluding carboxylic acids is 4. The Kier molecular flexibility index (Phi) is 16.9. The molecular weight excluding hydrogens is 990 g/mol. The Morgan fingerprint density at radius 2 is 1.67 bits per heavy atom. The summed E-state index contributed by atoms with van der Waals surface area (Å²) in [6.07, 6.45) is -4.37. The molecule has 0 aliphatic carbocycles. The number of fused-ring (bicyclic) bond motifs is 4. The van der Waals surface area contributed by atoms with E-state index in [1.165, 1.54) is 47.4 Å². The Balaban J connectivity index is 0.919. The monoisotopic (exact) mass is 1040 g/mol. The van der Waals surface area contributed by atoms with Crippen LogP contribution < -0.4 is 24.4 Å². The first-order valence-electron chi connectivity index (χ1n) is 23.3. The number of carboxylic acids is 1. The van der Waals surface area contributed by atoms with Crippen molar-refractivity contribution in [1.82, 2.24) is 14.7 Å². The number of ether oxygens (including phenoxy) is 6. The lowest BCUT2D eigenvalue weighted by molar-refractivity contribution is -0.271. The maximum Gasteiger partial charge on any atom is 0.416 e. The van der Waals surface area contributed by atoms with Gasteiger partial charge in [-0.1, -0.05) is 18.1 Å². The molecule has 4 amide bonds. The van der Waals surface area contributed by atoms with Gasteiger partial charge in [-0.3, -0.25) is 19.4 Å². The maximum atomic E-state index is 14.5. The fraction of sp³-hybridized carbons (Fsp3) is 0.392. The zero-order valence-corrected chi connectivity index (χ0v) is 41.4. The average Bonchev–Trinajstić information content (AvgIpc) is 4.00. The number of hydrogen-bond donors (Lipinski definition) is 5. The molecule has 73 heavy (non-hydrogen) atoms. The average molecular weight is 1040 g/mol. The number of likely N-dealkylation sites (N-methyl/N-ethyl adjacent to an activating group) is 1. The molecule has 5 unspecified atom stereocenters. The highest BCUT2D eigenvalue weighted by atomic mass is 35.5. The number of morpholine rings is 1. The van der Waals surface area contributed by atoms with E-state index in [1.54, 1.807) is 41.3 Å². The number of rotatable bonds is 17. The number of thiophene rings is 1. The number of nitrogens with zero attached hydrogens (tertiary/aromatic N) is 4. The molecule has 22 heteroatoms. The molecule has 1 aromatic heterocycles. The molecule has 0 spiro atoms. The molecule has 8 rings (SSSR count). The Labute approximate surface area is 428 Å². The quantitative estimate of drug-likeness (QED) is 0.0627. The van der Waals surface area contributed by atoms with E-state index >= 15 is 0 Å². The standard InChI is InChI=1S/C51H54ClN5O15S/c1-4-14-56(17-16-54(2)50(65)69-28-29-5-8-33(9-6-29)70-49-45(61)43(59)44(60)46(72-49)48(63)64)51(66)71-38-25-37-42(36-24-34(67-3)10-11-35(36)38)31(26-52)27-57(37)47(62)40-23-30-22-32(7-12-39(30)73-40)53-41(58)13-15-55-18-20-68-21-19-55/h1,5-12,22-25,31,43-46,49,59-61H,13-21,26-28H2,2-3H3,(H,53,58)(H,63,64)/t31-,43?,44?,45?,46?,49?/m1/s1. The number of benzene rings is 4. The normalized spacial score (nSPS) is 20.7. The zero-order valence-electron chi connectivity index (χ0n) is 39.8. The topological polar surface area (TPSA) is 247 Å². The second kappa shape index (κ2) is 23.4. The highest BCUT2D eigenvalue weighted by Gasteiger charge is 2.48. The van der Waals surface area contributed by atoms with Crippen LogP contribution >= 0.6 is 22.9 Å². The van der Waals surface area contributed by atoms with Gasteiger partial charge in [-0.2, -0.15) is 0 Å². The summed E-state index contributed by atoms with van der Waals surface area (Å²) < 4.78 is 34.1. The highest BCUT2D eigenvalue weighted by molar-refractivity contribution is 7.21. The van der Waals surface area contributed by atoms with Crippen LogP contribution in [0.1, 0.15) is 33.1 Å². The van der Waals surface area contributed by atoms with Crippen molar-refractivity contribution in [3.63, 3.8) is 0 Å². The number of methoxy groups -OCH3 is 1. The van der Waals surface area contributed by atoms with Crippen molar-refractivity contribution >= 4 is 85.1 Å². The van der Waals surface area contributed by atoms with Gasteiger partial charge in [-0.15, -0.1) is 29.4 Å². The van der Waals surface area contributed by atoms with Crippen LogP contribution in [0.15, 0.2) is 72.8 Å². The lowest BCUT2D eigenvalue weighted by Crippen LogP contribution is -2.61. The number of aliphatic hydroxyl groups is 3. The molecule has 5 N–H and O–H groups in total. The number of nitrogens with one attached hydrogen (secondary N) is 1. The summed E-state index contributed by atoms with van der Waals surface area (Å²) >= 11 is 7.93. The SMILES string of the molecule is C#CCN(CCN(C)C(=O)OCc1ccc(OC2OC(C(=O)O)C(O)C(O)C2O)cc1)C(=O)Oc1cc2c(c3cc(OC)ccc13)[C@H](CCl)CN2C(=O)c1cc2cc(NC(=O)CCN3CCOCC3)ccc2s1. The lowest BCUT2D eigenvalue weighted by atomic mass is 9.95. The summed E-state index contributed by atoms with van der Waals surface area (Å²) in [7, 11) is 3.01. The number of alkyl halides is 1. The van der Waals surface area contributed by atoms with Crippen LogP contribution in [0.4, 0.5) is 21.0 Å². The number of halogens is 1. The smallest absolute Gasteiger partial charge is 0.416 e. The number of aliphatic carboxylic acids is 1. The Morgan fingerprint density at radius 3 is 2.38 bits per heavy atom. The van der Waals surface area contributed by atoms with Crippen molar-refractivity contribution in [2.75, 3.05) is 89.3 Å². The van der Waals surface area contributed by atoms with Gasteiger partial charge >= 0.3 is 18.2 Å². The molecule has 2 saturated heterocycles. The second-order valence-corrected chi connectivity index (χ2v) is 19.0. The van der Waals surface area contributed by atoms with Gasteiger partial charge in [-0.25, -0.2) is 14.4 Å². The number of amides is 4. The molecule has 4 aromatic carbocycles. The van der Waals surface area contributed by atoms with E-state index in [1.807, 2.05) is 24.3 Å². The van der Waals surface area contributed by atoms with Gasteiger partial charge < -0.3 is 64.0 Å². The molecule has 20 nitrogen and oxygen atoms in total. The van der Waals surface area contributed by atoms with Gasteiger partial charge in [0.25, 0.3) is 5.91 Å². The predicted molar refractivity (Wildman–Crippen MR) is 269 cm³/mol. The van der Waals surface area contributed by atoms with Crippen molar-refractivity contribution in [2.24, 2.45) is 0 Å². The minimum Gasteiger partial charge on any atom is -0.497 e. The van der Waals surface area contributed by atoms with Gasteiger partial charge in [0.1, 0.15) is 42.2 Å². The van der Waals surface area contributed by atoms with Crippen LogP contribution in [0.2, 0.25) is 0 Å². The fourth-order valence-electron chi connectivity index (χ4n) is 8.71. The number of anilines is 2. The molecule has 5 aromatic rings. The third-order valence-corrected chi connectivity index (χ3v) is 14.2. The van der Waals surface area contributed by atoms with Gasteiger partial charge in [0, 0.05) is 86.4 Å². The second-order valence-electron chi connectivity index (χ2n) is 17.6. The Bertz CT molecular complexity index is 2890. The molecule has 3 aliphatic heterocycles. The summed E-state index contributed by atoms with van der Waals surface area (Å²) in [5, 5.41) is 44.6. The van der Waals surface area contributed by atoms with E-state index < -0.39 is 48.9 Å². The largest absolute Gasteiger partial charge is 0.497 e. The van der Waals surface area contributed by atoms with Crippen LogP contribution in [0.25, 0.3) is 20.9 Å². The maximum absolute atomic E-state index is 14.5. The van der Waals surface area contributed by atoms with E-state index in [0.29, 0.717) is 64.5 Å². The van der Waals surface area contributed by atoms with Crippen LogP contribution in [0.3, 0.4) is 0 Å². The van der Waals surface area contributed by atoms with Crippen LogP contribution in [-0.2, 0) is 30.4 Å². The first kappa shape index (κ1) is 52.6. The van der Waals surface area contributed by atoms with E-state index in [9.17, 15) is 44.4 Å². The third kappa shape index (κ3) is 12.0. The fourth-order valence-corrected chi connectivity index (χ4v) is 9.95. The van der Waals surface area contributed by atoms with Gasteiger partial charge in [-0.05, 0) is 76.5 Å². The zero-order chi connectivity index (χ0) is 51.9. The molecule has 0 bridgehead atoms. The Hall–Kier alpha value is -6.74. The van der Waals surface area contributed by atoms with Gasteiger partial charge in [0.2, 0.25) is 12.2 Å². The minimum absolute atomic E-state index is 0.0102. The van der Waals surface area contributed by atoms with Crippen molar-refractivity contribution in [3.05, 3.63) is 88.8 Å². The number of carbonyl (C=O) groups is 5. The molecule has 2 fully saturated rings.